The van der Waals surface area contributed by atoms with Crippen LogP contribution < -0.4 is 0 Å². The predicted octanol–water partition coefficient (Wildman–Crippen LogP) is 2.74. The average Bonchev–Trinajstić information content (AvgIpc) is 2.16. The monoisotopic (exact) mass is 200 g/mol. The van der Waals surface area contributed by atoms with Crippen molar-refractivity contribution in [2.45, 2.75) is 58.0 Å². The van der Waals surface area contributed by atoms with Gasteiger partial charge in [0.05, 0.1) is 12.2 Å². The molecule has 1 unspecified atom stereocenters. The first-order valence-corrected chi connectivity index (χ1v) is 5.94. The normalized spacial score (nSPS) is 23.4. The van der Waals surface area contributed by atoms with E-state index in [1.165, 1.54) is 32.1 Å². The van der Waals surface area contributed by atoms with Gasteiger partial charge in [-0.05, 0) is 26.2 Å². The smallest absolute Gasteiger partial charge is 0.0854 e. The maximum Gasteiger partial charge on any atom is 0.0854 e. The summed E-state index contributed by atoms with van der Waals surface area (Å²) < 4.78 is 5.29. The quantitative estimate of drug-likeness (QED) is 0.739. The SMILES string of the molecule is CCOCC(C)(O)CC1CCCCC1. The highest BCUT2D eigenvalue weighted by molar-refractivity contribution is 4.78. The van der Waals surface area contributed by atoms with Crippen LogP contribution in [0.1, 0.15) is 52.4 Å². The van der Waals surface area contributed by atoms with Crippen LogP contribution in [-0.4, -0.2) is 23.9 Å². The molecule has 0 aromatic rings. The number of hydrogen-bond donors (Lipinski definition) is 1. The van der Waals surface area contributed by atoms with Crippen LogP contribution in [0.4, 0.5) is 0 Å². The van der Waals surface area contributed by atoms with E-state index in [0.717, 1.165) is 12.3 Å². The number of ether oxygens (including phenoxy) is 1. The summed E-state index contributed by atoms with van der Waals surface area (Å²) in [4.78, 5) is 0. The molecule has 0 spiro atoms. The summed E-state index contributed by atoms with van der Waals surface area (Å²) in [5.41, 5.74) is -0.613. The summed E-state index contributed by atoms with van der Waals surface area (Å²) in [6, 6.07) is 0. The first-order valence-electron chi connectivity index (χ1n) is 5.94. The van der Waals surface area contributed by atoms with Gasteiger partial charge in [0.2, 0.25) is 0 Å². The standard InChI is InChI=1S/C12H24O2/c1-3-14-10-12(2,13)9-11-7-5-4-6-8-11/h11,13H,3-10H2,1-2H3. The Morgan fingerprint density at radius 3 is 2.50 bits per heavy atom. The van der Waals surface area contributed by atoms with E-state index in [-0.39, 0.29) is 0 Å². The minimum atomic E-state index is -0.613. The van der Waals surface area contributed by atoms with Crippen molar-refractivity contribution in [2.24, 2.45) is 5.92 Å². The van der Waals surface area contributed by atoms with E-state index in [1.54, 1.807) is 0 Å². The molecule has 84 valence electrons. The van der Waals surface area contributed by atoms with Gasteiger partial charge in [-0.25, -0.2) is 0 Å². The van der Waals surface area contributed by atoms with Crippen LogP contribution in [0, 0.1) is 5.92 Å². The summed E-state index contributed by atoms with van der Waals surface area (Å²) in [5.74, 6) is 0.721. The van der Waals surface area contributed by atoms with Crippen LogP contribution >= 0.6 is 0 Å². The molecular formula is C12H24O2. The Hall–Kier alpha value is -0.0800. The minimum Gasteiger partial charge on any atom is -0.388 e. The summed E-state index contributed by atoms with van der Waals surface area (Å²) in [6.07, 6.45) is 7.56. The number of hydrogen-bond acceptors (Lipinski definition) is 2. The second-order valence-corrected chi connectivity index (χ2v) is 4.84. The van der Waals surface area contributed by atoms with Crippen molar-refractivity contribution in [3.8, 4) is 0 Å². The molecule has 1 saturated carbocycles. The highest BCUT2D eigenvalue weighted by atomic mass is 16.5. The largest absolute Gasteiger partial charge is 0.388 e. The van der Waals surface area contributed by atoms with Gasteiger partial charge in [-0.1, -0.05) is 32.1 Å². The zero-order chi connectivity index (χ0) is 10.4. The van der Waals surface area contributed by atoms with Gasteiger partial charge in [-0.3, -0.25) is 0 Å². The topological polar surface area (TPSA) is 29.5 Å². The Morgan fingerprint density at radius 2 is 1.93 bits per heavy atom. The van der Waals surface area contributed by atoms with Crippen LogP contribution in [0.15, 0.2) is 0 Å². The zero-order valence-electron chi connectivity index (χ0n) is 9.59. The van der Waals surface area contributed by atoms with Gasteiger partial charge < -0.3 is 9.84 Å². The van der Waals surface area contributed by atoms with Crippen molar-refractivity contribution in [3.63, 3.8) is 0 Å². The second-order valence-electron chi connectivity index (χ2n) is 4.84. The average molecular weight is 200 g/mol. The van der Waals surface area contributed by atoms with Crippen molar-refractivity contribution in [3.05, 3.63) is 0 Å². The van der Waals surface area contributed by atoms with Crippen molar-refractivity contribution in [2.75, 3.05) is 13.2 Å². The molecule has 0 bridgehead atoms. The van der Waals surface area contributed by atoms with E-state index in [0.29, 0.717) is 13.2 Å². The summed E-state index contributed by atoms with van der Waals surface area (Å²) >= 11 is 0. The van der Waals surface area contributed by atoms with Gasteiger partial charge in [-0.2, -0.15) is 0 Å². The van der Waals surface area contributed by atoms with Gasteiger partial charge in [-0.15, -0.1) is 0 Å². The van der Waals surface area contributed by atoms with Gasteiger partial charge in [0, 0.05) is 6.61 Å². The van der Waals surface area contributed by atoms with Gasteiger partial charge in [0.1, 0.15) is 0 Å². The molecule has 2 heteroatoms. The van der Waals surface area contributed by atoms with Crippen LogP contribution in [0.25, 0.3) is 0 Å². The van der Waals surface area contributed by atoms with E-state index in [2.05, 4.69) is 0 Å². The highest BCUT2D eigenvalue weighted by Crippen LogP contribution is 2.30. The van der Waals surface area contributed by atoms with E-state index < -0.39 is 5.60 Å². The van der Waals surface area contributed by atoms with Crippen molar-refractivity contribution >= 4 is 0 Å². The Labute approximate surface area is 87.7 Å². The third-order valence-corrected chi connectivity index (χ3v) is 3.07. The molecule has 0 radical (unpaired) electrons. The maximum absolute atomic E-state index is 10.1. The second kappa shape index (κ2) is 5.72. The fourth-order valence-corrected chi connectivity index (χ4v) is 2.39. The third kappa shape index (κ3) is 4.43. The van der Waals surface area contributed by atoms with Crippen LogP contribution in [0.2, 0.25) is 0 Å². The molecule has 0 saturated heterocycles. The summed E-state index contributed by atoms with van der Waals surface area (Å²) in [7, 11) is 0. The minimum absolute atomic E-state index is 0.486. The molecule has 0 aliphatic heterocycles. The Morgan fingerprint density at radius 1 is 1.29 bits per heavy atom. The van der Waals surface area contributed by atoms with Gasteiger partial charge in [0.25, 0.3) is 0 Å². The molecule has 0 heterocycles. The molecule has 1 aliphatic carbocycles. The molecule has 0 aromatic heterocycles. The Kier molecular flexibility index (Phi) is 4.90. The van der Waals surface area contributed by atoms with E-state index in [4.69, 9.17) is 4.74 Å². The molecule has 0 amide bonds. The van der Waals surface area contributed by atoms with Crippen molar-refractivity contribution in [1.29, 1.82) is 0 Å². The lowest BCUT2D eigenvalue weighted by Crippen LogP contribution is -2.33. The van der Waals surface area contributed by atoms with Crippen LogP contribution in [0.3, 0.4) is 0 Å². The fourth-order valence-electron chi connectivity index (χ4n) is 2.39. The lowest BCUT2D eigenvalue weighted by molar-refractivity contribution is -0.0479. The third-order valence-electron chi connectivity index (χ3n) is 3.07. The van der Waals surface area contributed by atoms with E-state index >= 15 is 0 Å². The number of rotatable bonds is 5. The first kappa shape index (κ1) is 12.0. The van der Waals surface area contributed by atoms with Crippen LogP contribution in [-0.2, 0) is 4.74 Å². The molecule has 1 N–H and O–H groups in total. The highest BCUT2D eigenvalue weighted by Gasteiger charge is 2.26. The van der Waals surface area contributed by atoms with Gasteiger partial charge >= 0.3 is 0 Å². The summed E-state index contributed by atoms with van der Waals surface area (Å²) in [5, 5.41) is 10.1. The molecule has 1 atom stereocenters. The van der Waals surface area contributed by atoms with Crippen LogP contribution in [0.5, 0.6) is 0 Å². The molecule has 14 heavy (non-hydrogen) atoms. The van der Waals surface area contributed by atoms with Gasteiger partial charge in [0.15, 0.2) is 0 Å². The van der Waals surface area contributed by atoms with Crippen molar-refractivity contribution < 1.29 is 9.84 Å². The summed E-state index contributed by atoms with van der Waals surface area (Å²) in [6.45, 7) is 5.05. The molecule has 2 nitrogen and oxygen atoms in total. The molecule has 0 aromatic carbocycles. The molecule has 1 aliphatic rings. The fraction of sp³-hybridized carbons (Fsp3) is 1.00. The number of aliphatic hydroxyl groups is 1. The van der Waals surface area contributed by atoms with Crippen molar-refractivity contribution in [1.82, 2.24) is 0 Å². The lowest BCUT2D eigenvalue weighted by atomic mass is 9.82. The first-order chi connectivity index (χ1) is 6.64. The maximum atomic E-state index is 10.1. The molecular weight excluding hydrogens is 176 g/mol. The molecule has 1 rings (SSSR count). The predicted molar refractivity (Wildman–Crippen MR) is 58.3 cm³/mol. The van der Waals surface area contributed by atoms with E-state index in [1.807, 2.05) is 13.8 Å². The Balaban J connectivity index is 2.25. The Bertz CT molecular complexity index is 148. The van der Waals surface area contributed by atoms with E-state index in [9.17, 15) is 5.11 Å². The molecule has 1 fully saturated rings. The lowest BCUT2D eigenvalue weighted by Gasteiger charge is -2.30. The zero-order valence-corrected chi connectivity index (χ0v) is 9.59.